The Morgan fingerprint density at radius 1 is 1.24 bits per heavy atom. The molecule has 0 bridgehead atoms. The van der Waals surface area contributed by atoms with Crippen molar-refractivity contribution in [2.45, 2.75) is 26.2 Å². The van der Waals surface area contributed by atoms with Crippen LogP contribution in [0.2, 0.25) is 0 Å². The van der Waals surface area contributed by atoms with Gasteiger partial charge in [-0.05, 0) is 30.0 Å². The lowest BCUT2D eigenvalue weighted by Crippen LogP contribution is -1.98. The van der Waals surface area contributed by atoms with Gasteiger partial charge in [0.15, 0.2) is 5.65 Å². The van der Waals surface area contributed by atoms with E-state index in [4.69, 9.17) is 10.5 Å². The summed E-state index contributed by atoms with van der Waals surface area (Å²) in [6.45, 7) is 4.38. The lowest BCUT2D eigenvalue weighted by atomic mass is 9.99. The van der Waals surface area contributed by atoms with Gasteiger partial charge in [-0.15, -0.1) is 0 Å². The van der Waals surface area contributed by atoms with Crippen LogP contribution >= 0.6 is 0 Å². The summed E-state index contributed by atoms with van der Waals surface area (Å²) in [4.78, 5) is 15.2. The summed E-state index contributed by atoms with van der Waals surface area (Å²) in [6.07, 6.45) is 2.65. The van der Waals surface area contributed by atoms with Gasteiger partial charge in [-0.3, -0.25) is 0 Å². The van der Waals surface area contributed by atoms with E-state index in [1.807, 2.05) is 12.1 Å². The summed E-state index contributed by atoms with van der Waals surface area (Å²) in [5.41, 5.74) is 8.08. The highest BCUT2D eigenvalue weighted by atomic mass is 16.5. The molecule has 0 aliphatic carbocycles. The molecule has 0 fully saturated rings. The molecule has 3 aromatic rings. The van der Waals surface area contributed by atoms with Crippen molar-refractivity contribution in [3.63, 3.8) is 0 Å². The lowest BCUT2D eigenvalue weighted by Gasteiger charge is -2.10. The van der Waals surface area contributed by atoms with Crippen molar-refractivity contribution in [2.24, 2.45) is 0 Å². The summed E-state index contributed by atoms with van der Waals surface area (Å²) in [5.74, 6) is 1.76. The number of imidazole rings is 1. The molecule has 0 aliphatic rings. The fraction of sp³-hybridized carbons (Fsp3) is 0.267. The maximum absolute atomic E-state index is 5.80. The zero-order valence-electron chi connectivity index (χ0n) is 12.0. The summed E-state index contributed by atoms with van der Waals surface area (Å²) in [6, 6.07) is 8.00. The predicted octanol–water partition coefficient (Wildman–Crippen LogP) is 3.24. The zero-order valence-corrected chi connectivity index (χ0v) is 12.0. The molecule has 2 heterocycles. The molecule has 108 valence electrons. The minimum Gasteiger partial charge on any atom is -0.437 e. The molecule has 1 aromatic carbocycles. The molecule has 0 radical (unpaired) electrons. The third-order valence-electron chi connectivity index (χ3n) is 3.55. The number of hydrogen-bond acceptors (Lipinski definition) is 5. The van der Waals surface area contributed by atoms with Crippen molar-refractivity contribution in [1.29, 1.82) is 0 Å². The Balaban J connectivity index is 1.90. The van der Waals surface area contributed by atoms with Crippen LogP contribution in [0, 0.1) is 0 Å². The van der Waals surface area contributed by atoms with Crippen LogP contribution in [0.15, 0.2) is 30.6 Å². The summed E-state index contributed by atoms with van der Waals surface area (Å²) in [5, 5.41) is 0. The number of nitrogens with zero attached hydrogens (tertiary/aromatic N) is 3. The van der Waals surface area contributed by atoms with Crippen molar-refractivity contribution >= 4 is 17.1 Å². The van der Waals surface area contributed by atoms with Gasteiger partial charge in [0.05, 0.1) is 6.33 Å². The van der Waals surface area contributed by atoms with E-state index in [9.17, 15) is 0 Å². The van der Waals surface area contributed by atoms with Crippen molar-refractivity contribution in [3.8, 4) is 11.6 Å². The van der Waals surface area contributed by atoms with Gasteiger partial charge in [-0.25, -0.2) is 4.98 Å². The summed E-state index contributed by atoms with van der Waals surface area (Å²) in [7, 11) is 0. The Morgan fingerprint density at radius 2 is 2.00 bits per heavy atom. The van der Waals surface area contributed by atoms with Crippen LogP contribution < -0.4 is 10.5 Å². The van der Waals surface area contributed by atoms with Crippen molar-refractivity contribution in [2.75, 3.05) is 5.73 Å². The first-order valence-electron chi connectivity index (χ1n) is 6.91. The second-order valence-electron chi connectivity index (χ2n) is 4.97. The van der Waals surface area contributed by atoms with Gasteiger partial charge in [0.2, 0.25) is 5.95 Å². The van der Waals surface area contributed by atoms with Crippen LogP contribution in [0.1, 0.15) is 31.7 Å². The second-order valence-corrected chi connectivity index (χ2v) is 4.97. The first kappa shape index (κ1) is 13.4. The maximum atomic E-state index is 5.80. The van der Waals surface area contributed by atoms with Crippen LogP contribution in [-0.4, -0.2) is 19.9 Å². The van der Waals surface area contributed by atoms with Crippen LogP contribution in [0.5, 0.6) is 11.6 Å². The third-order valence-corrected chi connectivity index (χ3v) is 3.55. The number of nitrogen functional groups attached to an aromatic ring is 1. The molecule has 6 nitrogen and oxygen atoms in total. The third kappa shape index (κ3) is 2.65. The minimum atomic E-state index is 0.140. The fourth-order valence-corrected chi connectivity index (χ4v) is 2.11. The topological polar surface area (TPSA) is 89.7 Å². The lowest BCUT2D eigenvalue weighted by molar-refractivity contribution is 0.467. The zero-order chi connectivity index (χ0) is 14.8. The van der Waals surface area contributed by atoms with Gasteiger partial charge in [-0.2, -0.15) is 9.97 Å². The van der Waals surface area contributed by atoms with Gasteiger partial charge in [0.25, 0.3) is 5.88 Å². The quantitative estimate of drug-likeness (QED) is 0.767. The van der Waals surface area contributed by atoms with E-state index in [0.717, 1.165) is 6.42 Å². The highest BCUT2D eigenvalue weighted by molar-refractivity contribution is 5.77. The molecule has 6 heteroatoms. The van der Waals surface area contributed by atoms with Crippen molar-refractivity contribution in [1.82, 2.24) is 19.9 Å². The standard InChI is InChI=1S/C15H17N5O/c1-3-9(2)10-4-6-11(7-5-10)21-14-12-13(18-8-17-12)19-15(16)20-14/h4-9H,3H2,1-2H3,(H3,16,17,18,19,20). The van der Waals surface area contributed by atoms with Gasteiger partial charge in [-0.1, -0.05) is 26.0 Å². The normalized spacial score (nSPS) is 12.5. The van der Waals surface area contributed by atoms with Crippen LogP contribution in [0.25, 0.3) is 11.2 Å². The number of fused-ring (bicyclic) bond motifs is 1. The number of H-pyrrole nitrogens is 1. The number of aromatic nitrogens is 4. The number of aromatic amines is 1. The smallest absolute Gasteiger partial charge is 0.250 e. The molecule has 2 aromatic heterocycles. The molecule has 1 unspecified atom stereocenters. The average Bonchev–Trinajstić information content (AvgIpc) is 2.95. The van der Waals surface area contributed by atoms with Gasteiger partial charge in [0.1, 0.15) is 11.3 Å². The SMILES string of the molecule is CCC(C)c1ccc(Oc2nc(N)nc3nc[nH]c23)cc1. The van der Waals surface area contributed by atoms with Gasteiger partial charge in [0, 0.05) is 0 Å². The molecule has 0 saturated carbocycles. The Kier molecular flexibility index (Phi) is 3.43. The Hall–Kier alpha value is -2.63. The van der Waals surface area contributed by atoms with Gasteiger partial charge >= 0.3 is 0 Å². The van der Waals surface area contributed by atoms with Crippen molar-refractivity contribution < 1.29 is 4.74 Å². The number of nitrogens with two attached hydrogens (primary N) is 1. The molecule has 0 spiro atoms. The summed E-state index contributed by atoms with van der Waals surface area (Å²) < 4.78 is 5.80. The van der Waals surface area contributed by atoms with E-state index in [1.54, 1.807) is 0 Å². The van der Waals surface area contributed by atoms with E-state index < -0.39 is 0 Å². The monoisotopic (exact) mass is 283 g/mol. The Morgan fingerprint density at radius 3 is 2.71 bits per heavy atom. The van der Waals surface area contributed by atoms with Crippen LogP contribution in [0.4, 0.5) is 5.95 Å². The maximum Gasteiger partial charge on any atom is 0.250 e. The predicted molar refractivity (Wildman–Crippen MR) is 81.3 cm³/mol. The number of hydrogen-bond donors (Lipinski definition) is 2. The highest BCUT2D eigenvalue weighted by Gasteiger charge is 2.11. The van der Waals surface area contributed by atoms with E-state index in [-0.39, 0.29) is 5.95 Å². The van der Waals surface area contributed by atoms with Crippen molar-refractivity contribution in [3.05, 3.63) is 36.2 Å². The summed E-state index contributed by atoms with van der Waals surface area (Å²) >= 11 is 0. The van der Waals surface area contributed by atoms with E-state index >= 15 is 0 Å². The first-order valence-corrected chi connectivity index (χ1v) is 6.91. The Bertz CT molecular complexity index is 750. The van der Waals surface area contributed by atoms with E-state index in [0.29, 0.717) is 28.7 Å². The molecule has 21 heavy (non-hydrogen) atoms. The highest BCUT2D eigenvalue weighted by Crippen LogP contribution is 2.27. The molecular formula is C15H17N5O. The van der Waals surface area contributed by atoms with Crippen LogP contribution in [-0.2, 0) is 0 Å². The molecule has 3 rings (SSSR count). The van der Waals surface area contributed by atoms with Crippen LogP contribution in [0.3, 0.4) is 0 Å². The van der Waals surface area contributed by atoms with E-state index in [2.05, 4.69) is 45.9 Å². The minimum absolute atomic E-state index is 0.140. The number of ether oxygens (including phenoxy) is 1. The number of nitrogens with one attached hydrogen (secondary N) is 1. The molecule has 3 N–H and O–H groups in total. The first-order chi connectivity index (χ1) is 10.2. The van der Waals surface area contributed by atoms with E-state index in [1.165, 1.54) is 11.9 Å². The Labute approximate surface area is 122 Å². The largest absolute Gasteiger partial charge is 0.437 e. The fourth-order valence-electron chi connectivity index (χ4n) is 2.11. The average molecular weight is 283 g/mol. The second kappa shape index (κ2) is 5.40. The number of anilines is 1. The molecular weight excluding hydrogens is 266 g/mol. The molecule has 0 saturated heterocycles. The molecule has 0 aliphatic heterocycles. The number of benzene rings is 1. The number of rotatable bonds is 4. The molecule has 1 atom stereocenters. The molecule has 0 amide bonds. The van der Waals surface area contributed by atoms with Gasteiger partial charge < -0.3 is 15.5 Å².